The summed E-state index contributed by atoms with van der Waals surface area (Å²) in [5.41, 5.74) is 2.07. The van der Waals surface area contributed by atoms with E-state index in [0.717, 1.165) is 32.9 Å². The van der Waals surface area contributed by atoms with Gasteiger partial charge in [0.05, 0.1) is 16.1 Å². The molecule has 22 heavy (non-hydrogen) atoms. The lowest BCUT2D eigenvalue weighted by Crippen LogP contribution is -2.12. The minimum absolute atomic E-state index is 0.0273. The number of nitrogens with zero attached hydrogens (tertiary/aromatic N) is 2. The second-order valence-corrected chi connectivity index (χ2v) is 7.78. The summed E-state index contributed by atoms with van der Waals surface area (Å²) in [7, 11) is 0. The van der Waals surface area contributed by atoms with Gasteiger partial charge in [0, 0.05) is 22.6 Å². The van der Waals surface area contributed by atoms with E-state index in [2.05, 4.69) is 48.0 Å². The summed E-state index contributed by atoms with van der Waals surface area (Å²) < 4.78 is 0. The van der Waals surface area contributed by atoms with Crippen molar-refractivity contribution in [2.75, 3.05) is 0 Å². The number of aromatic nitrogens is 3. The van der Waals surface area contributed by atoms with E-state index in [1.165, 1.54) is 4.88 Å². The third-order valence-electron chi connectivity index (χ3n) is 3.68. The monoisotopic (exact) mass is 333 g/mol. The Bertz CT molecular complexity index is 873. The van der Waals surface area contributed by atoms with Crippen LogP contribution in [-0.2, 0) is 12.8 Å². The minimum Gasteiger partial charge on any atom is -0.310 e. The maximum atomic E-state index is 12.4. The molecule has 0 aromatic carbocycles. The van der Waals surface area contributed by atoms with Crippen molar-refractivity contribution in [3.63, 3.8) is 0 Å². The fraction of sp³-hybridized carbons (Fsp3) is 0.438. The van der Waals surface area contributed by atoms with Crippen molar-refractivity contribution in [1.82, 2.24) is 15.0 Å². The summed E-state index contributed by atoms with van der Waals surface area (Å²) in [6.45, 7) is 8.40. The maximum absolute atomic E-state index is 12.4. The smallest absolute Gasteiger partial charge is 0.259 e. The molecule has 3 aromatic rings. The molecule has 0 saturated heterocycles. The summed E-state index contributed by atoms with van der Waals surface area (Å²) in [4.78, 5) is 26.6. The molecule has 0 bridgehead atoms. The van der Waals surface area contributed by atoms with Crippen LogP contribution >= 0.6 is 22.7 Å². The highest BCUT2D eigenvalue weighted by atomic mass is 32.1. The first-order chi connectivity index (χ1) is 10.5. The molecule has 0 aliphatic rings. The van der Waals surface area contributed by atoms with Crippen molar-refractivity contribution in [1.29, 1.82) is 0 Å². The molecule has 0 atom stereocenters. The molecule has 0 spiro atoms. The molecule has 1 N–H and O–H groups in total. The van der Waals surface area contributed by atoms with Crippen molar-refractivity contribution in [3.8, 4) is 0 Å². The van der Waals surface area contributed by atoms with Gasteiger partial charge in [0.2, 0.25) is 0 Å². The molecule has 0 fully saturated rings. The van der Waals surface area contributed by atoms with Gasteiger partial charge in [-0.1, -0.05) is 20.8 Å². The molecule has 0 aliphatic heterocycles. The summed E-state index contributed by atoms with van der Waals surface area (Å²) in [5.74, 6) is 1.13. The average molecular weight is 333 g/mol. The lowest BCUT2D eigenvalue weighted by atomic mass is 10.1. The molecular formula is C16H19N3OS2. The van der Waals surface area contributed by atoms with E-state index in [4.69, 9.17) is 0 Å². The van der Waals surface area contributed by atoms with Gasteiger partial charge >= 0.3 is 0 Å². The predicted octanol–water partition coefficient (Wildman–Crippen LogP) is 4.03. The van der Waals surface area contributed by atoms with Crippen LogP contribution in [0, 0.1) is 6.92 Å². The molecule has 3 rings (SSSR count). The third-order valence-corrected chi connectivity index (χ3v) is 5.91. The number of fused-ring (bicyclic) bond motifs is 1. The first kappa shape index (κ1) is 15.4. The lowest BCUT2D eigenvalue weighted by molar-refractivity contribution is 0.836. The van der Waals surface area contributed by atoms with Crippen LogP contribution in [0.5, 0.6) is 0 Å². The number of aryl methyl sites for hydroxylation is 2. The molecule has 116 valence electrons. The number of thiazole rings is 1. The highest BCUT2D eigenvalue weighted by Gasteiger charge is 2.14. The second-order valence-electron chi connectivity index (χ2n) is 5.69. The summed E-state index contributed by atoms with van der Waals surface area (Å²) in [6.07, 6.45) is 1.44. The third kappa shape index (κ3) is 2.73. The van der Waals surface area contributed by atoms with Gasteiger partial charge in [0.1, 0.15) is 10.7 Å². The van der Waals surface area contributed by atoms with Crippen molar-refractivity contribution >= 4 is 32.9 Å². The first-order valence-corrected chi connectivity index (χ1v) is 9.14. The summed E-state index contributed by atoms with van der Waals surface area (Å²) >= 11 is 3.27. The Hall–Kier alpha value is -1.53. The van der Waals surface area contributed by atoms with E-state index in [-0.39, 0.29) is 5.56 Å². The molecule has 3 aromatic heterocycles. The zero-order valence-electron chi connectivity index (χ0n) is 13.2. The van der Waals surface area contributed by atoms with Gasteiger partial charge in [-0.15, -0.1) is 22.7 Å². The quantitative estimate of drug-likeness (QED) is 0.784. The Morgan fingerprint density at radius 1 is 1.32 bits per heavy atom. The average Bonchev–Trinajstić information content (AvgIpc) is 3.02. The van der Waals surface area contributed by atoms with Gasteiger partial charge in [-0.3, -0.25) is 4.79 Å². The van der Waals surface area contributed by atoms with Gasteiger partial charge in [0.15, 0.2) is 0 Å². The van der Waals surface area contributed by atoms with E-state index in [9.17, 15) is 4.79 Å². The van der Waals surface area contributed by atoms with Gasteiger partial charge in [0.25, 0.3) is 5.56 Å². The predicted molar refractivity (Wildman–Crippen MR) is 93.4 cm³/mol. The van der Waals surface area contributed by atoms with Crippen LogP contribution in [-0.4, -0.2) is 15.0 Å². The Labute approximate surface area is 137 Å². The molecule has 0 unspecified atom stereocenters. The van der Waals surface area contributed by atoms with Crippen LogP contribution in [0.3, 0.4) is 0 Å². The molecule has 3 heterocycles. The highest BCUT2D eigenvalue weighted by molar-refractivity contribution is 7.18. The largest absolute Gasteiger partial charge is 0.310 e. The molecule has 0 amide bonds. The Morgan fingerprint density at radius 3 is 2.73 bits per heavy atom. The van der Waals surface area contributed by atoms with Crippen molar-refractivity contribution < 1.29 is 0 Å². The van der Waals surface area contributed by atoms with E-state index in [1.54, 1.807) is 22.7 Å². The molecule has 0 aliphatic carbocycles. The summed E-state index contributed by atoms with van der Waals surface area (Å²) in [6, 6.07) is 0. The molecular weight excluding hydrogens is 314 g/mol. The summed E-state index contributed by atoms with van der Waals surface area (Å²) in [5, 5.41) is 3.94. The van der Waals surface area contributed by atoms with Crippen LogP contribution < -0.4 is 5.56 Å². The van der Waals surface area contributed by atoms with Crippen LogP contribution in [0.25, 0.3) is 10.2 Å². The van der Waals surface area contributed by atoms with E-state index in [0.29, 0.717) is 18.2 Å². The van der Waals surface area contributed by atoms with E-state index >= 15 is 0 Å². The zero-order valence-corrected chi connectivity index (χ0v) is 14.8. The standard InChI is InChI=1S/C16H19N3OS2/c1-5-11-9(4)22-16-13(11)14(20)18-12(19-16)6-10-7-21-15(17-10)8(2)3/h7-8H,5-6H2,1-4H3,(H,18,19,20). The van der Waals surface area contributed by atoms with Crippen LogP contribution in [0.15, 0.2) is 10.2 Å². The van der Waals surface area contributed by atoms with Crippen molar-refractivity contribution in [2.24, 2.45) is 0 Å². The highest BCUT2D eigenvalue weighted by Crippen LogP contribution is 2.27. The van der Waals surface area contributed by atoms with Crippen molar-refractivity contribution in [3.05, 3.63) is 42.7 Å². The van der Waals surface area contributed by atoms with Crippen LogP contribution in [0.4, 0.5) is 0 Å². The topological polar surface area (TPSA) is 58.6 Å². The number of thiophene rings is 1. The van der Waals surface area contributed by atoms with Crippen LogP contribution in [0.1, 0.15) is 53.7 Å². The molecule has 6 heteroatoms. The molecule has 4 nitrogen and oxygen atoms in total. The van der Waals surface area contributed by atoms with E-state index in [1.807, 2.05) is 0 Å². The van der Waals surface area contributed by atoms with Gasteiger partial charge in [-0.2, -0.15) is 0 Å². The number of aromatic amines is 1. The van der Waals surface area contributed by atoms with Gasteiger partial charge in [-0.05, 0) is 18.9 Å². The maximum Gasteiger partial charge on any atom is 0.259 e. The lowest BCUT2D eigenvalue weighted by Gasteiger charge is -2.00. The Balaban J connectivity index is 1.99. The second kappa shape index (κ2) is 5.93. The van der Waals surface area contributed by atoms with Crippen molar-refractivity contribution in [2.45, 2.75) is 46.5 Å². The minimum atomic E-state index is -0.0273. The molecule has 0 radical (unpaired) electrons. The van der Waals surface area contributed by atoms with Gasteiger partial charge in [-0.25, -0.2) is 9.97 Å². The SMILES string of the molecule is CCc1c(C)sc2nc(Cc3csc(C(C)C)n3)[nH]c(=O)c12. The first-order valence-electron chi connectivity index (χ1n) is 7.45. The number of nitrogens with one attached hydrogen (secondary N) is 1. The number of rotatable bonds is 4. The Morgan fingerprint density at radius 2 is 2.09 bits per heavy atom. The van der Waals surface area contributed by atoms with Gasteiger partial charge < -0.3 is 4.98 Å². The van der Waals surface area contributed by atoms with Crippen LogP contribution in [0.2, 0.25) is 0 Å². The number of hydrogen-bond donors (Lipinski definition) is 1. The van der Waals surface area contributed by atoms with E-state index < -0.39 is 0 Å². The fourth-order valence-electron chi connectivity index (χ4n) is 2.57. The number of H-pyrrole nitrogens is 1. The number of hydrogen-bond acceptors (Lipinski definition) is 5. The normalized spacial score (nSPS) is 11.7. The zero-order chi connectivity index (χ0) is 15.9. The Kier molecular flexibility index (Phi) is 4.14. The fourth-order valence-corrected chi connectivity index (χ4v) is 4.54. The molecule has 0 saturated carbocycles.